The summed E-state index contributed by atoms with van der Waals surface area (Å²) in [6, 6.07) is 10.8. The number of nitrogens with zero attached hydrogens (tertiary/aromatic N) is 5. The predicted octanol–water partition coefficient (Wildman–Crippen LogP) is 5.30. The van der Waals surface area contributed by atoms with E-state index in [1.54, 1.807) is 29.0 Å². The first-order valence-electron chi connectivity index (χ1n) is 12.4. The molecule has 0 fully saturated rings. The number of halogens is 2. The minimum Gasteiger partial charge on any atom is -0.497 e. The molecule has 0 atom stereocenters. The Balaban J connectivity index is 1.48. The number of aromatic amines is 1. The van der Waals surface area contributed by atoms with Crippen molar-refractivity contribution >= 4 is 23.1 Å². The number of hydrogen-bond donors (Lipinski definition) is 2. The quantitative estimate of drug-likeness (QED) is 0.310. The van der Waals surface area contributed by atoms with Crippen LogP contribution in [-0.4, -0.2) is 37.8 Å². The molecule has 0 spiro atoms. The number of ether oxygens (including phenoxy) is 1. The average Bonchev–Trinajstić information content (AvgIpc) is 3.67. The molecule has 0 saturated heterocycles. The second-order valence-corrected chi connectivity index (χ2v) is 9.71. The molecule has 198 valence electrons. The lowest BCUT2D eigenvalue weighted by atomic mass is 10.0. The van der Waals surface area contributed by atoms with E-state index in [4.69, 9.17) is 9.72 Å². The summed E-state index contributed by atoms with van der Waals surface area (Å²) in [4.78, 5) is 20.5. The van der Waals surface area contributed by atoms with Crippen LogP contribution in [0.2, 0.25) is 0 Å². The van der Waals surface area contributed by atoms with Crippen LogP contribution >= 0.6 is 0 Å². The zero-order valence-electron chi connectivity index (χ0n) is 21.5. The predicted molar refractivity (Wildman–Crippen MR) is 142 cm³/mol. The highest BCUT2D eigenvalue weighted by Crippen LogP contribution is 2.34. The van der Waals surface area contributed by atoms with E-state index in [2.05, 4.69) is 25.5 Å². The molecule has 4 heterocycles. The monoisotopic (exact) mass is 529 g/mol. The van der Waals surface area contributed by atoms with Crippen molar-refractivity contribution in [3.63, 3.8) is 0 Å². The van der Waals surface area contributed by atoms with Crippen molar-refractivity contribution in [2.45, 2.75) is 32.9 Å². The number of carbonyl (C=O) groups is 1. The van der Waals surface area contributed by atoms with Crippen LogP contribution in [0.4, 0.5) is 20.3 Å². The molecule has 0 bridgehead atoms. The summed E-state index contributed by atoms with van der Waals surface area (Å²) < 4.78 is 35.2. The molecule has 1 aliphatic heterocycles. The summed E-state index contributed by atoms with van der Waals surface area (Å²) in [5.74, 6) is -0.514. The molecule has 39 heavy (non-hydrogen) atoms. The first-order valence-corrected chi connectivity index (χ1v) is 12.4. The molecule has 0 saturated carbocycles. The fourth-order valence-corrected chi connectivity index (χ4v) is 4.91. The van der Waals surface area contributed by atoms with Crippen LogP contribution in [0.25, 0.3) is 16.9 Å². The van der Waals surface area contributed by atoms with Crippen molar-refractivity contribution in [2.24, 2.45) is 0 Å². The fourth-order valence-electron chi connectivity index (χ4n) is 4.91. The van der Waals surface area contributed by atoms with Crippen LogP contribution in [0.5, 0.6) is 5.75 Å². The average molecular weight is 530 g/mol. The first-order chi connectivity index (χ1) is 18.8. The van der Waals surface area contributed by atoms with Gasteiger partial charge in [-0.1, -0.05) is 19.9 Å². The molecule has 1 amide bonds. The Hall–Kier alpha value is -4.80. The Labute approximate surface area is 222 Å². The maximum absolute atomic E-state index is 14.5. The van der Waals surface area contributed by atoms with Crippen molar-refractivity contribution < 1.29 is 18.3 Å². The van der Waals surface area contributed by atoms with Gasteiger partial charge in [0, 0.05) is 42.5 Å². The number of fused-ring (bicyclic) bond motifs is 2. The number of nitrogens with one attached hydrogen (secondary N) is 2. The highest BCUT2D eigenvalue weighted by Gasteiger charge is 2.28. The highest BCUT2D eigenvalue weighted by atomic mass is 19.1. The number of methoxy groups -OCH3 is 1. The fraction of sp³-hybridized carbons (Fsp3) is 0.214. The minimum atomic E-state index is -0.594. The van der Waals surface area contributed by atoms with E-state index in [9.17, 15) is 13.6 Å². The lowest BCUT2D eigenvalue weighted by Gasteiger charge is -2.18. The number of rotatable bonds is 6. The minimum absolute atomic E-state index is 0.0168. The van der Waals surface area contributed by atoms with Crippen LogP contribution in [0.1, 0.15) is 46.9 Å². The third kappa shape index (κ3) is 4.35. The van der Waals surface area contributed by atoms with Crippen LogP contribution < -0.4 is 15.0 Å². The molecule has 2 aromatic carbocycles. The lowest BCUT2D eigenvalue weighted by molar-refractivity contribution is 0.102. The van der Waals surface area contributed by atoms with Gasteiger partial charge in [0.05, 0.1) is 24.7 Å². The van der Waals surface area contributed by atoms with Gasteiger partial charge in [-0.25, -0.2) is 18.3 Å². The third-order valence-electron chi connectivity index (χ3n) is 6.83. The van der Waals surface area contributed by atoms with Gasteiger partial charge in [0.2, 0.25) is 0 Å². The number of aromatic nitrogens is 5. The van der Waals surface area contributed by atoms with Gasteiger partial charge in [-0.3, -0.25) is 9.89 Å². The summed E-state index contributed by atoms with van der Waals surface area (Å²) in [6.45, 7) is 4.95. The van der Waals surface area contributed by atoms with E-state index < -0.39 is 11.7 Å². The zero-order chi connectivity index (χ0) is 27.3. The molecule has 11 heteroatoms. The second-order valence-electron chi connectivity index (χ2n) is 9.71. The number of hydrogen-bond acceptors (Lipinski definition) is 6. The maximum atomic E-state index is 14.5. The highest BCUT2D eigenvalue weighted by molar-refractivity contribution is 6.05. The van der Waals surface area contributed by atoms with E-state index in [-0.39, 0.29) is 23.1 Å². The van der Waals surface area contributed by atoms with Crippen molar-refractivity contribution in [1.82, 2.24) is 24.8 Å². The second kappa shape index (κ2) is 9.50. The van der Waals surface area contributed by atoms with Crippen molar-refractivity contribution in [2.75, 3.05) is 17.3 Å². The molecule has 5 aromatic rings. The van der Waals surface area contributed by atoms with E-state index in [0.29, 0.717) is 41.6 Å². The van der Waals surface area contributed by atoms with E-state index >= 15 is 0 Å². The Morgan fingerprint density at radius 2 is 1.92 bits per heavy atom. The van der Waals surface area contributed by atoms with E-state index in [1.807, 2.05) is 19.9 Å². The summed E-state index contributed by atoms with van der Waals surface area (Å²) in [5.41, 5.74) is 4.57. The van der Waals surface area contributed by atoms with Crippen LogP contribution in [0.15, 0.2) is 54.9 Å². The van der Waals surface area contributed by atoms with Crippen molar-refractivity contribution in [3.8, 4) is 17.0 Å². The van der Waals surface area contributed by atoms with Gasteiger partial charge in [-0.15, -0.1) is 0 Å². The van der Waals surface area contributed by atoms with Gasteiger partial charge in [0.15, 0.2) is 11.3 Å². The van der Waals surface area contributed by atoms with Gasteiger partial charge in [-0.05, 0) is 41.3 Å². The molecule has 0 radical (unpaired) electrons. The molecule has 0 aliphatic carbocycles. The van der Waals surface area contributed by atoms with Gasteiger partial charge in [0.1, 0.15) is 23.2 Å². The lowest BCUT2D eigenvalue weighted by Crippen LogP contribution is -2.17. The van der Waals surface area contributed by atoms with Crippen LogP contribution in [-0.2, 0) is 13.1 Å². The summed E-state index contributed by atoms with van der Waals surface area (Å²) in [5, 5.41) is 14.2. The van der Waals surface area contributed by atoms with Gasteiger partial charge in [-0.2, -0.15) is 10.2 Å². The molecule has 0 unspecified atom stereocenters. The SMILES string of the molecule is COc1ccc(F)c(NC(=O)c2nn3c(-c4cn[nH]c4)cc(N4Cc5ccc(F)cc5C4)nc3c2C(C)C)c1. The molecular formula is C28H25F2N7O2. The molecule has 9 nitrogen and oxygen atoms in total. The van der Waals surface area contributed by atoms with Gasteiger partial charge < -0.3 is 15.0 Å². The number of carbonyl (C=O) groups excluding carboxylic acids is 1. The van der Waals surface area contributed by atoms with Gasteiger partial charge in [0.25, 0.3) is 5.91 Å². The molecule has 2 N–H and O–H groups in total. The Morgan fingerprint density at radius 3 is 2.67 bits per heavy atom. The Kier molecular flexibility index (Phi) is 5.97. The Morgan fingerprint density at radius 1 is 1.10 bits per heavy atom. The standard InChI is InChI=1S/C28H25F2N7O2/c1-15(2)25-26(28(38)33-22-9-20(39-3)6-7-21(22)30)35-37-23(18-11-31-32-12-18)10-24(34-27(25)37)36-13-16-4-5-19(29)8-17(16)14-36/h4-12,15H,13-14H2,1-3H3,(H,31,32)(H,33,38). The number of H-pyrrole nitrogens is 1. The number of amides is 1. The van der Waals surface area contributed by atoms with E-state index in [1.165, 1.54) is 31.4 Å². The van der Waals surface area contributed by atoms with Crippen LogP contribution in [0, 0.1) is 11.6 Å². The zero-order valence-corrected chi connectivity index (χ0v) is 21.5. The molecular weight excluding hydrogens is 504 g/mol. The normalized spacial score (nSPS) is 12.8. The molecule has 3 aromatic heterocycles. The van der Waals surface area contributed by atoms with Gasteiger partial charge >= 0.3 is 0 Å². The number of anilines is 2. The number of benzene rings is 2. The molecule has 6 rings (SSSR count). The van der Waals surface area contributed by atoms with Crippen molar-refractivity contribution in [1.29, 1.82) is 0 Å². The summed E-state index contributed by atoms with van der Waals surface area (Å²) >= 11 is 0. The first kappa shape index (κ1) is 24.5. The van der Waals surface area contributed by atoms with Crippen LogP contribution in [0.3, 0.4) is 0 Å². The summed E-state index contributed by atoms with van der Waals surface area (Å²) in [6.07, 6.45) is 3.39. The largest absolute Gasteiger partial charge is 0.497 e. The maximum Gasteiger partial charge on any atom is 0.276 e. The smallest absolute Gasteiger partial charge is 0.276 e. The molecule has 1 aliphatic rings. The van der Waals surface area contributed by atoms with Crippen molar-refractivity contribution in [3.05, 3.63) is 88.9 Å². The summed E-state index contributed by atoms with van der Waals surface area (Å²) in [7, 11) is 1.47. The topological polar surface area (TPSA) is 100 Å². The van der Waals surface area contributed by atoms with E-state index in [0.717, 1.165) is 16.7 Å². The third-order valence-corrected chi connectivity index (χ3v) is 6.83. The Bertz CT molecular complexity index is 1710.